The molecule has 0 radical (unpaired) electrons. The summed E-state index contributed by atoms with van der Waals surface area (Å²) < 4.78 is 12.9. The third-order valence-electron chi connectivity index (χ3n) is 2.60. The van der Waals surface area contributed by atoms with E-state index in [0.717, 1.165) is 0 Å². The Morgan fingerprint density at radius 3 is 2.55 bits per heavy atom. The summed E-state index contributed by atoms with van der Waals surface area (Å²) >= 11 is 0. The van der Waals surface area contributed by atoms with Gasteiger partial charge in [0.1, 0.15) is 5.82 Å². The summed E-state index contributed by atoms with van der Waals surface area (Å²) in [7, 11) is 0. The number of halogens is 1. The van der Waals surface area contributed by atoms with Gasteiger partial charge in [-0.05, 0) is 43.3 Å². The molecule has 2 N–H and O–H groups in total. The SMILES string of the molecule is CCONC(=O)c1ccccc1Nc1ccc(F)cc1. The topological polar surface area (TPSA) is 50.4 Å². The minimum absolute atomic E-state index is 0.307. The number of rotatable bonds is 5. The zero-order chi connectivity index (χ0) is 14.4. The predicted molar refractivity (Wildman–Crippen MR) is 75.2 cm³/mol. The molecule has 0 aliphatic rings. The van der Waals surface area contributed by atoms with Crippen LogP contribution in [-0.4, -0.2) is 12.5 Å². The van der Waals surface area contributed by atoms with Crippen LogP contribution in [0.15, 0.2) is 48.5 Å². The molecular weight excluding hydrogens is 259 g/mol. The molecule has 1 amide bonds. The summed E-state index contributed by atoms with van der Waals surface area (Å²) in [6.45, 7) is 2.17. The number of hydrogen-bond donors (Lipinski definition) is 2. The van der Waals surface area contributed by atoms with Crippen LogP contribution in [0.5, 0.6) is 0 Å². The maximum absolute atomic E-state index is 12.9. The molecule has 0 fully saturated rings. The third kappa shape index (κ3) is 3.55. The molecule has 5 heteroatoms. The standard InChI is InChI=1S/C15H15FN2O2/c1-2-20-18-15(19)13-5-3-4-6-14(13)17-12-9-7-11(16)8-10-12/h3-10,17H,2H2,1H3,(H,18,19). The van der Waals surface area contributed by atoms with E-state index < -0.39 is 0 Å². The molecule has 104 valence electrons. The Bertz CT molecular complexity index is 585. The van der Waals surface area contributed by atoms with Gasteiger partial charge in [0.15, 0.2) is 0 Å². The first-order valence-electron chi connectivity index (χ1n) is 6.24. The largest absolute Gasteiger partial charge is 0.355 e. The van der Waals surface area contributed by atoms with E-state index in [2.05, 4.69) is 10.8 Å². The first kappa shape index (κ1) is 14.0. The fraction of sp³-hybridized carbons (Fsp3) is 0.133. The number of nitrogens with one attached hydrogen (secondary N) is 2. The van der Waals surface area contributed by atoms with Crippen LogP contribution in [0.3, 0.4) is 0 Å². The second-order valence-corrected chi connectivity index (χ2v) is 4.04. The van der Waals surface area contributed by atoms with Crippen molar-refractivity contribution >= 4 is 17.3 Å². The van der Waals surface area contributed by atoms with Crippen LogP contribution < -0.4 is 10.8 Å². The second-order valence-electron chi connectivity index (χ2n) is 4.04. The van der Waals surface area contributed by atoms with Gasteiger partial charge in [0.2, 0.25) is 0 Å². The van der Waals surface area contributed by atoms with Gasteiger partial charge in [-0.3, -0.25) is 9.63 Å². The number of anilines is 2. The monoisotopic (exact) mass is 274 g/mol. The van der Waals surface area contributed by atoms with Gasteiger partial charge in [-0.25, -0.2) is 9.87 Å². The molecule has 0 atom stereocenters. The summed E-state index contributed by atoms with van der Waals surface area (Å²) in [5.74, 6) is -0.644. The molecule has 0 unspecified atom stereocenters. The Hall–Kier alpha value is -2.40. The minimum Gasteiger partial charge on any atom is -0.355 e. The lowest BCUT2D eigenvalue weighted by Gasteiger charge is -2.11. The van der Waals surface area contributed by atoms with Gasteiger partial charge >= 0.3 is 0 Å². The van der Waals surface area contributed by atoms with Gasteiger partial charge in [0, 0.05) is 5.69 Å². The Labute approximate surface area is 116 Å². The van der Waals surface area contributed by atoms with Crippen LogP contribution in [0.25, 0.3) is 0 Å². The first-order chi connectivity index (χ1) is 9.70. The molecule has 0 spiro atoms. The van der Waals surface area contributed by atoms with Crippen molar-refractivity contribution in [1.82, 2.24) is 5.48 Å². The minimum atomic E-state index is -0.336. The highest BCUT2D eigenvalue weighted by molar-refractivity contribution is 5.99. The van der Waals surface area contributed by atoms with Crippen LogP contribution in [0.2, 0.25) is 0 Å². The van der Waals surface area contributed by atoms with E-state index in [0.29, 0.717) is 23.5 Å². The summed E-state index contributed by atoms with van der Waals surface area (Å²) in [5, 5.41) is 3.07. The highest BCUT2D eigenvalue weighted by Gasteiger charge is 2.10. The van der Waals surface area contributed by atoms with E-state index in [1.54, 1.807) is 37.3 Å². The number of carbonyl (C=O) groups is 1. The highest BCUT2D eigenvalue weighted by Crippen LogP contribution is 2.21. The van der Waals surface area contributed by atoms with E-state index in [-0.39, 0.29) is 11.7 Å². The van der Waals surface area contributed by atoms with Crippen molar-refractivity contribution in [3.63, 3.8) is 0 Å². The maximum atomic E-state index is 12.9. The molecule has 0 saturated carbocycles. The molecule has 0 aliphatic heterocycles. The fourth-order valence-corrected chi connectivity index (χ4v) is 1.67. The molecule has 0 saturated heterocycles. The van der Waals surface area contributed by atoms with Crippen LogP contribution in [0.1, 0.15) is 17.3 Å². The number of para-hydroxylation sites is 1. The molecule has 0 bridgehead atoms. The van der Waals surface area contributed by atoms with E-state index in [1.165, 1.54) is 12.1 Å². The van der Waals surface area contributed by atoms with Crippen molar-refractivity contribution < 1.29 is 14.0 Å². The Kier molecular flexibility index (Phi) is 4.68. The Morgan fingerprint density at radius 1 is 1.15 bits per heavy atom. The Morgan fingerprint density at radius 2 is 1.85 bits per heavy atom. The van der Waals surface area contributed by atoms with Gasteiger partial charge in [0.05, 0.1) is 17.9 Å². The average molecular weight is 274 g/mol. The van der Waals surface area contributed by atoms with Crippen molar-refractivity contribution in [3.05, 3.63) is 59.9 Å². The number of benzene rings is 2. The molecule has 0 aromatic heterocycles. The van der Waals surface area contributed by atoms with Gasteiger partial charge in [-0.15, -0.1) is 0 Å². The smallest absolute Gasteiger partial charge is 0.276 e. The summed E-state index contributed by atoms with van der Waals surface area (Å²) in [5.41, 5.74) is 4.11. The van der Waals surface area contributed by atoms with E-state index in [1.807, 2.05) is 6.07 Å². The maximum Gasteiger partial charge on any atom is 0.276 e. The quantitative estimate of drug-likeness (QED) is 0.823. The van der Waals surface area contributed by atoms with E-state index in [4.69, 9.17) is 4.84 Å². The summed E-state index contributed by atoms with van der Waals surface area (Å²) in [6.07, 6.45) is 0. The number of amides is 1. The number of hydrogen-bond acceptors (Lipinski definition) is 3. The zero-order valence-corrected chi connectivity index (χ0v) is 11.0. The molecule has 2 aromatic carbocycles. The molecule has 4 nitrogen and oxygen atoms in total. The zero-order valence-electron chi connectivity index (χ0n) is 11.0. The van der Waals surface area contributed by atoms with Crippen LogP contribution in [0, 0.1) is 5.82 Å². The van der Waals surface area contributed by atoms with Gasteiger partial charge < -0.3 is 5.32 Å². The fourth-order valence-electron chi connectivity index (χ4n) is 1.67. The van der Waals surface area contributed by atoms with E-state index >= 15 is 0 Å². The normalized spacial score (nSPS) is 10.1. The predicted octanol–water partition coefficient (Wildman–Crippen LogP) is 3.25. The first-order valence-corrected chi connectivity index (χ1v) is 6.24. The second kappa shape index (κ2) is 6.68. The lowest BCUT2D eigenvalue weighted by Crippen LogP contribution is -2.24. The summed E-state index contributed by atoms with van der Waals surface area (Å²) in [6, 6.07) is 12.9. The van der Waals surface area contributed by atoms with Crippen molar-refractivity contribution in [2.24, 2.45) is 0 Å². The van der Waals surface area contributed by atoms with Gasteiger partial charge in [-0.1, -0.05) is 12.1 Å². The van der Waals surface area contributed by atoms with Crippen LogP contribution >= 0.6 is 0 Å². The molecule has 2 rings (SSSR count). The van der Waals surface area contributed by atoms with Gasteiger partial charge in [-0.2, -0.15) is 0 Å². The lowest BCUT2D eigenvalue weighted by molar-refractivity contribution is 0.0365. The van der Waals surface area contributed by atoms with Crippen molar-refractivity contribution in [2.75, 3.05) is 11.9 Å². The van der Waals surface area contributed by atoms with Crippen molar-refractivity contribution in [1.29, 1.82) is 0 Å². The summed E-state index contributed by atoms with van der Waals surface area (Å²) in [4.78, 5) is 16.8. The molecule has 2 aromatic rings. The highest BCUT2D eigenvalue weighted by atomic mass is 19.1. The molecule has 0 aliphatic carbocycles. The number of hydroxylamine groups is 1. The molecule has 0 heterocycles. The van der Waals surface area contributed by atoms with Crippen molar-refractivity contribution in [2.45, 2.75) is 6.92 Å². The molecular formula is C15H15FN2O2. The van der Waals surface area contributed by atoms with E-state index in [9.17, 15) is 9.18 Å². The van der Waals surface area contributed by atoms with Crippen molar-refractivity contribution in [3.8, 4) is 0 Å². The van der Waals surface area contributed by atoms with Crippen LogP contribution in [0.4, 0.5) is 15.8 Å². The average Bonchev–Trinajstić information content (AvgIpc) is 2.48. The lowest BCUT2D eigenvalue weighted by atomic mass is 10.1. The number of carbonyl (C=O) groups excluding carboxylic acids is 1. The Balaban J connectivity index is 2.19. The van der Waals surface area contributed by atoms with Crippen LogP contribution in [-0.2, 0) is 4.84 Å². The molecule has 20 heavy (non-hydrogen) atoms. The third-order valence-corrected chi connectivity index (χ3v) is 2.60. The van der Waals surface area contributed by atoms with Gasteiger partial charge in [0.25, 0.3) is 5.91 Å².